The summed E-state index contributed by atoms with van der Waals surface area (Å²) in [5.74, 6) is 0.207. The normalized spacial score (nSPS) is 14.8. The predicted octanol–water partition coefficient (Wildman–Crippen LogP) is 3.89. The van der Waals surface area contributed by atoms with E-state index < -0.39 is 0 Å². The molecule has 0 saturated heterocycles. The Hall–Kier alpha value is -0.730. The van der Waals surface area contributed by atoms with E-state index in [9.17, 15) is 4.79 Å². The second-order valence-corrected chi connectivity index (χ2v) is 5.17. The molecule has 0 spiro atoms. The van der Waals surface area contributed by atoms with Crippen LogP contribution in [-0.4, -0.2) is 16.8 Å². The number of hydrogen-bond donors (Lipinski definition) is 0. The molecule has 17 heavy (non-hydrogen) atoms. The highest BCUT2D eigenvalue weighted by atomic mass is 35.5. The molecule has 1 aromatic rings. The third kappa shape index (κ3) is 3.14. The molecule has 1 aliphatic carbocycles. The Labute approximate surface area is 112 Å². The van der Waals surface area contributed by atoms with Gasteiger partial charge in [-0.3, -0.25) is 4.79 Å². The Morgan fingerprint density at radius 1 is 1.35 bits per heavy atom. The summed E-state index contributed by atoms with van der Waals surface area (Å²) in [6, 6.07) is 5.96. The summed E-state index contributed by atoms with van der Waals surface area (Å²) in [5.41, 5.74) is 1.04. The van der Waals surface area contributed by atoms with Crippen LogP contribution in [0.25, 0.3) is 0 Å². The fourth-order valence-electron chi connectivity index (χ4n) is 1.84. The second kappa shape index (κ2) is 5.28. The maximum atomic E-state index is 11.8. The van der Waals surface area contributed by atoms with Crippen molar-refractivity contribution in [3.8, 4) is 0 Å². The zero-order valence-electron chi connectivity index (χ0n) is 9.75. The Kier molecular flexibility index (Phi) is 3.95. The van der Waals surface area contributed by atoms with Crippen LogP contribution in [-0.2, 0) is 11.3 Å². The average molecular weight is 272 g/mol. The molecule has 0 bridgehead atoms. The Morgan fingerprint density at radius 3 is 2.59 bits per heavy atom. The first-order chi connectivity index (χ1) is 8.11. The number of benzene rings is 1. The van der Waals surface area contributed by atoms with Gasteiger partial charge in [0.2, 0.25) is 5.91 Å². The fraction of sp³-hybridized carbons (Fsp3) is 0.462. The van der Waals surface area contributed by atoms with Gasteiger partial charge >= 0.3 is 0 Å². The van der Waals surface area contributed by atoms with Gasteiger partial charge in [0, 0.05) is 19.0 Å². The first kappa shape index (κ1) is 12.7. The van der Waals surface area contributed by atoms with Crippen LogP contribution in [0.4, 0.5) is 0 Å². The Morgan fingerprint density at radius 2 is 2.06 bits per heavy atom. The van der Waals surface area contributed by atoms with Gasteiger partial charge in [-0.1, -0.05) is 36.2 Å². The van der Waals surface area contributed by atoms with E-state index >= 15 is 0 Å². The maximum absolute atomic E-state index is 11.8. The van der Waals surface area contributed by atoms with Gasteiger partial charge in [-0.2, -0.15) is 0 Å². The van der Waals surface area contributed by atoms with Crippen LogP contribution in [0.3, 0.4) is 0 Å². The summed E-state index contributed by atoms with van der Waals surface area (Å²) in [6.45, 7) is 2.53. The SMILES string of the molecule is CCC(=O)N(Cc1ccc(Cl)c(Cl)c1)C1CC1. The van der Waals surface area contributed by atoms with Gasteiger partial charge < -0.3 is 4.90 Å². The molecule has 1 saturated carbocycles. The lowest BCUT2D eigenvalue weighted by atomic mass is 10.2. The van der Waals surface area contributed by atoms with Crippen molar-refractivity contribution in [1.82, 2.24) is 4.90 Å². The molecule has 0 N–H and O–H groups in total. The van der Waals surface area contributed by atoms with Crippen LogP contribution in [0.15, 0.2) is 18.2 Å². The molecule has 4 heteroatoms. The van der Waals surface area contributed by atoms with Crippen LogP contribution in [0.2, 0.25) is 10.0 Å². The minimum atomic E-state index is 0.207. The largest absolute Gasteiger partial charge is 0.335 e. The summed E-state index contributed by atoms with van der Waals surface area (Å²) >= 11 is 11.8. The number of carbonyl (C=O) groups is 1. The monoisotopic (exact) mass is 271 g/mol. The van der Waals surface area contributed by atoms with Gasteiger partial charge in [0.15, 0.2) is 0 Å². The minimum absolute atomic E-state index is 0.207. The van der Waals surface area contributed by atoms with Crippen LogP contribution in [0, 0.1) is 0 Å². The highest BCUT2D eigenvalue weighted by Gasteiger charge is 2.31. The topological polar surface area (TPSA) is 20.3 Å². The van der Waals surface area contributed by atoms with Crippen LogP contribution in [0.5, 0.6) is 0 Å². The molecule has 0 radical (unpaired) electrons. The van der Waals surface area contributed by atoms with E-state index in [4.69, 9.17) is 23.2 Å². The highest BCUT2D eigenvalue weighted by molar-refractivity contribution is 6.42. The van der Waals surface area contributed by atoms with Gasteiger partial charge in [0.25, 0.3) is 0 Å². The zero-order valence-corrected chi connectivity index (χ0v) is 11.3. The van der Waals surface area contributed by atoms with Gasteiger partial charge in [0.1, 0.15) is 0 Å². The summed E-state index contributed by atoms with van der Waals surface area (Å²) in [6.07, 6.45) is 2.79. The number of carbonyl (C=O) groups excluding carboxylic acids is 1. The molecule has 1 fully saturated rings. The van der Waals surface area contributed by atoms with Gasteiger partial charge in [-0.05, 0) is 30.5 Å². The molecule has 0 unspecified atom stereocenters. The molecule has 1 aliphatic rings. The second-order valence-electron chi connectivity index (χ2n) is 4.35. The molecule has 0 aromatic heterocycles. The average Bonchev–Trinajstić information content (AvgIpc) is 3.13. The van der Waals surface area contributed by atoms with Crippen molar-refractivity contribution in [1.29, 1.82) is 0 Å². The lowest BCUT2D eigenvalue weighted by molar-refractivity contribution is -0.132. The first-order valence-electron chi connectivity index (χ1n) is 5.85. The summed E-state index contributed by atoms with van der Waals surface area (Å²) in [7, 11) is 0. The van der Waals surface area contributed by atoms with E-state index in [0.717, 1.165) is 18.4 Å². The van der Waals surface area contributed by atoms with Crippen LogP contribution in [0.1, 0.15) is 31.7 Å². The van der Waals surface area contributed by atoms with E-state index in [1.54, 1.807) is 6.07 Å². The molecule has 1 amide bonds. The first-order valence-corrected chi connectivity index (χ1v) is 6.60. The van der Waals surface area contributed by atoms with Crippen molar-refractivity contribution in [2.45, 2.75) is 38.8 Å². The summed E-state index contributed by atoms with van der Waals surface area (Å²) in [4.78, 5) is 13.8. The van der Waals surface area contributed by atoms with E-state index in [0.29, 0.717) is 29.1 Å². The van der Waals surface area contributed by atoms with E-state index in [1.807, 2.05) is 24.0 Å². The Balaban J connectivity index is 2.11. The molecule has 92 valence electrons. The number of amides is 1. The van der Waals surface area contributed by atoms with Gasteiger partial charge in [-0.25, -0.2) is 0 Å². The van der Waals surface area contributed by atoms with Crippen molar-refractivity contribution < 1.29 is 4.79 Å². The minimum Gasteiger partial charge on any atom is -0.335 e. The molecule has 1 aromatic carbocycles. The van der Waals surface area contributed by atoms with Crippen molar-refractivity contribution >= 4 is 29.1 Å². The van der Waals surface area contributed by atoms with Crippen LogP contribution < -0.4 is 0 Å². The van der Waals surface area contributed by atoms with Gasteiger partial charge in [0.05, 0.1) is 10.0 Å². The molecule has 2 nitrogen and oxygen atoms in total. The molecule has 0 atom stereocenters. The van der Waals surface area contributed by atoms with Gasteiger partial charge in [-0.15, -0.1) is 0 Å². The molecular formula is C13H15Cl2NO. The van der Waals surface area contributed by atoms with E-state index in [1.165, 1.54) is 0 Å². The standard InChI is InChI=1S/C13H15Cl2NO/c1-2-13(17)16(10-4-5-10)8-9-3-6-11(14)12(15)7-9/h3,6-7,10H,2,4-5,8H2,1H3. The predicted molar refractivity (Wildman–Crippen MR) is 70.3 cm³/mol. The third-order valence-corrected chi connectivity index (χ3v) is 3.69. The number of halogens is 2. The summed E-state index contributed by atoms with van der Waals surface area (Å²) < 4.78 is 0. The Bertz CT molecular complexity index is 429. The van der Waals surface area contributed by atoms with Crippen molar-refractivity contribution in [3.05, 3.63) is 33.8 Å². The van der Waals surface area contributed by atoms with E-state index in [-0.39, 0.29) is 5.91 Å². The molecule has 0 aliphatic heterocycles. The maximum Gasteiger partial charge on any atom is 0.222 e. The van der Waals surface area contributed by atoms with Crippen molar-refractivity contribution in [2.75, 3.05) is 0 Å². The molecular weight excluding hydrogens is 257 g/mol. The number of nitrogens with zero attached hydrogens (tertiary/aromatic N) is 1. The lowest BCUT2D eigenvalue weighted by Gasteiger charge is -2.22. The lowest BCUT2D eigenvalue weighted by Crippen LogP contribution is -2.31. The molecule has 0 heterocycles. The third-order valence-electron chi connectivity index (χ3n) is 2.95. The van der Waals surface area contributed by atoms with E-state index in [2.05, 4.69) is 0 Å². The van der Waals surface area contributed by atoms with Crippen LogP contribution >= 0.6 is 23.2 Å². The number of rotatable bonds is 4. The summed E-state index contributed by atoms with van der Waals surface area (Å²) in [5, 5.41) is 1.10. The molecule has 2 rings (SSSR count). The smallest absolute Gasteiger partial charge is 0.222 e. The fourth-order valence-corrected chi connectivity index (χ4v) is 2.17. The quantitative estimate of drug-likeness (QED) is 0.814. The number of hydrogen-bond acceptors (Lipinski definition) is 1. The zero-order chi connectivity index (χ0) is 12.4. The van der Waals surface area contributed by atoms with Crippen molar-refractivity contribution in [2.24, 2.45) is 0 Å². The highest BCUT2D eigenvalue weighted by Crippen LogP contribution is 2.30. The van der Waals surface area contributed by atoms with Crippen molar-refractivity contribution in [3.63, 3.8) is 0 Å².